The minimum atomic E-state index is -0.471. The van der Waals surface area contributed by atoms with E-state index in [9.17, 15) is 4.79 Å². The van der Waals surface area contributed by atoms with Gasteiger partial charge in [0.05, 0.1) is 6.33 Å². The Labute approximate surface area is 156 Å². The number of hydrogen-bond acceptors (Lipinski definition) is 6. The number of nitrogen functional groups attached to an aromatic ring is 1. The fraction of sp³-hybridized carbons (Fsp3) is 0.368. The van der Waals surface area contributed by atoms with Gasteiger partial charge in [-0.3, -0.25) is 9.69 Å². The van der Waals surface area contributed by atoms with Crippen LogP contribution >= 0.6 is 0 Å². The van der Waals surface area contributed by atoms with Crippen molar-refractivity contribution in [3.63, 3.8) is 0 Å². The number of amides is 1. The molecule has 3 heterocycles. The van der Waals surface area contributed by atoms with Crippen molar-refractivity contribution in [1.82, 2.24) is 24.4 Å². The van der Waals surface area contributed by atoms with Gasteiger partial charge in [-0.15, -0.1) is 0 Å². The maximum Gasteiger partial charge on any atom is 0.247 e. The number of fused-ring (bicyclic) bond motifs is 2. The number of benzene rings is 1. The Hall–Kier alpha value is -3.00. The van der Waals surface area contributed by atoms with Crippen LogP contribution in [0.15, 0.2) is 30.9 Å². The van der Waals surface area contributed by atoms with E-state index in [-0.39, 0.29) is 5.91 Å². The number of hydrogen-bond donors (Lipinski definition) is 2. The number of carbonyl (C=O) groups is 1. The van der Waals surface area contributed by atoms with Crippen LogP contribution in [0.4, 0.5) is 11.5 Å². The smallest absolute Gasteiger partial charge is 0.247 e. The minimum absolute atomic E-state index is 0.107. The van der Waals surface area contributed by atoms with Crippen LogP contribution in [0.5, 0.6) is 0 Å². The Morgan fingerprint density at radius 1 is 1.26 bits per heavy atom. The molecule has 1 aliphatic carbocycles. The molecule has 3 aromatic rings. The Bertz CT molecular complexity index is 1040. The van der Waals surface area contributed by atoms with Gasteiger partial charge in [-0.2, -0.15) is 0 Å². The number of carbonyl (C=O) groups excluding carboxylic acids is 1. The van der Waals surface area contributed by atoms with Crippen LogP contribution in [-0.4, -0.2) is 36.4 Å². The number of nitrogens with one attached hydrogen (secondary N) is 1. The fourth-order valence-electron chi connectivity index (χ4n) is 3.78. The normalized spacial score (nSPS) is 17.8. The number of rotatable bonds is 4. The van der Waals surface area contributed by atoms with Crippen molar-refractivity contribution < 1.29 is 4.79 Å². The summed E-state index contributed by atoms with van der Waals surface area (Å²) in [6, 6.07) is 6.38. The van der Waals surface area contributed by atoms with Gasteiger partial charge in [-0.25, -0.2) is 15.0 Å². The van der Waals surface area contributed by atoms with Crippen LogP contribution in [0, 0.1) is 0 Å². The molecule has 1 amide bonds. The summed E-state index contributed by atoms with van der Waals surface area (Å²) < 4.78 is 1.72. The summed E-state index contributed by atoms with van der Waals surface area (Å²) in [6.07, 6.45) is 5.54. The molecule has 8 nitrogen and oxygen atoms in total. The molecule has 0 bridgehead atoms. The maximum absolute atomic E-state index is 12.9. The van der Waals surface area contributed by atoms with Crippen molar-refractivity contribution in [2.24, 2.45) is 0 Å². The molecule has 1 saturated carbocycles. The Balaban J connectivity index is 1.39. The second-order valence-corrected chi connectivity index (χ2v) is 7.33. The Morgan fingerprint density at radius 3 is 2.93 bits per heavy atom. The van der Waals surface area contributed by atoms with Crippen molar-refractivity contribution in [1.29, 1.82) is 0 Å². The van der Waals surface area contributed by atoms with E-state index in [4.69, 9.17) is 5.73 Å². The van der Waals surface area contributed by atoms with Gasteiger partial charge in [-0.05, 0) is 37.0 Å². The molecule has 2 aromatic heterocycles. The number of imidazole rings is 1. The second-order valence-electron chi connectivity index (χ2n) is 7.33. The molecule has 0 radical (unpaired) electrons. The average molecular weight is 363 g/mol. The zero-order valence-electron chi connectivity index (χ0n) is 15.1. The van der Waals surface area contributed by atoms with E-state index in [2.05, 4.69) is 31.2 Å². The lowest BCUT2D eigenvalue weighted by Crippen LogP contribution is -2.24. The fourth-order valence-corrected chi connectivity index (χ4v) is 3.78. The molecule has 1 atom stereocenters. The zero-order chi connectivity index (χ0) is 18.5. The first-order valence-electron chi connectivity index (χ1n) is 9.20. The van der Waals surface area contributed by atoms with Crippen LogP contribution in [0.3, 0.4) is 0 Å². The molecule has 0 saturated heterocycles. The molecular formula is C19H21N7O. The van der Waals surface area contributed by atoms with Gasteiger partial charge in [0.1, 0.15) is 17.9 Å². The Kier molecular flexibility index (Phi) is 3.61. The molecule has 2 aliphatic rings. The predicted octanol–water partition coefficient (Wildman–Crippen LogP) is 2.09. The van der Waals surface area contributed by atoms with Gasteiger partial charge in [0.25, 0.3) is 0 Å². The lowest BCUT2D eigenvalue weighted by atomic mass is 10.1. The first kappa shape index (κ1) is 16.2. The summed E-state index contributed by atoms with van der Waals surface area (Å²) in [5.41, 5.74) is 10.3. The van der Waals surface area contributed by atoms with E-state index in [0.717, 1.165) is 18.8 Å². The largest absolute Gasteiger partial charge is 0.382 e. The van der Waals surface area contributed by atoms with Crippen LogP contribution < -0.4 is 11.1 Å². The van der Waals surface area contributed by atoms with E-state index < -0.39 is 6.04 Å². The number of nitrogens with zero attached hydrogens (tertiary/aromatic N) is 5. The Morgan fingerprint density at radius 2 is 2.11 bits per heavy atom. The standard InChI is InChI=1S/C19H21N7O/c1-11(26-10-23-16-17(20)21-9-22-18(16)26)19(27)24-15-4-2-3-12-7-25(8-14(12)15)13-5-6-13/h2-4,9-11,13H,5-8H2,1H3,(H,24,27)(H2,20,21,22). The first-order chi connectivity index (χ1) is 13.1. The molecule has 5 rings (SSSR count). The van der Waals surface area contributed by atoms with Gasteiger partial charge >= 0.3 is 0 Å². The molecule has 1 aliphatic heterocycles. The van der Waals surface area contributed by atoms with Gasteiger partial charge < -0.3 is 15.6 Å². The number of nitrogens with two attached hydrogens (primary N) is 1. The molecule has 1 aromatic carbocycles. The highest BCUT2D eigenvalue weighted by Crippen LogP contribution is 2.37. The van der Waals surface area contributed by atoms with Crippen molar-refractivity contribution in [2.45, 2.75) is 44.9 Å². The monoisotopic (exact) mass is 363 g/mol. The zero-order valence-corrected chi connectivity index (χ0v) is 15.1. The van der Waals surface area contributed by atoms with Gasteiger partial charge in [-0.1, -0.05) is 12.1 Å². The summed E-state index contributed by atoms with van der Waals surface area (Å²) >= 11 is 0. The molecular weight excluding hydrogens is 342 g/mol. The molecule has 0 spiro atoms. The van der Waals surface area contributed by atoms with Gasteiger partial charge in [0.2, 0.25) is 5.91 Å². The van der Waals surface area contributed by atoms with E-state index in [1.54, 1.807) is 10.9 Å². The van der Waals surface area contributed by atoms with Crippen molar-refractivity contribution in [3.05, 3.63) is 42.0 Å². The molecule has 138 valence electrons. The average Bonchev–Trinajstić information content (AvgIpc) is 3.26. The van der Waals surface area contributed by atoms with E-state index in [1.807, 2.05) is 19.1 Å². The predicted molar refractivity (Wildman–Crippen MR) is 102 cm³/mol. The lowest BCUT2D eigenvalue weighted by Gasteiger charge is -2.16. The maximum atomic E-state index is 12.9. The molecule has 3 N–H and O–H groups in total. The summed E-state index contributed by atoms with van der Waals surface area (Å²) in [6.45, 7) is 3.71. The van der Waals surface area contributed by atoms with Gasteiger partial charge in [0.15, 0.2) is 11.5 Å². The van der Waals surface area contributed by atoms with Crippen LogP contribution in [0.1, 0.15) is 36.9 Å². The van der Waals surface area contributed by atoms with Crippen molar-refractivity contribution in [3.8, 4) is 0 Å². The summed E-state index contributed by atoms with van der Waals surface area (Å²) in [5, 5.41) is 3.10. The molecule has 27 heavy (non-hydrogen) atoms. The van der Waals surface area contributed by atoms with E-state index >= 15 is 0 Å². The highest BCUT2D eigenvalue weighted by atomic mass is 16.2. The quantitative estimate of drug-likeness (QED) is 0.736. The SMILES string of the molecule is CC(C(=O)Nc1cccc2c1CN(C1CC1)C2)n1cnc2c(N)ncnc21. The highest BCUT2D eigenvalue weighted by Gasteiger charge is 2.34. The van der Waals surface area contributed by atoms with Gasteiger partial charge in [0, 0.05) is 24.8 Å². The molecule has 1 unspecified atom stereocenters. The van der Waals surface area contributed by atoms with Crippen LogP contribution in [-0.2, 0) is 17.9 Å². The topological polar surface area (TPSA) is 102 Å². The third kappa shape index (κ3) is 2.73. The summed E-state index contributed by atoms with van der Waals surface area (Å²) in [7, 11) is 0. The second kappa shape index (κ2) is 6.02. The third-order valence-electron chi connectivity index (χ3n) is 5.51. The molecule has 1 fully saturated rings. The first-order valence-corrected chi connectivity index (χ1v) is 9.20. The highest BCUT2D eigenvalue weighted by molar-refractivity contribution is 5.95. The summed E-state index contributed by atoms with van der Waals surface area (Å²) in [5.74, 6) is 0.206. The number of aromatic nitrogens is 4. The molecule has 8 heteroatoms. The van der Waals surface area contributed by atoms with Crippen molar-refractivity contribution in [2.75, 3.05) is 11.1 Å². The van der Waals surface area contributed by atoms with Crippen molar-refractivity contribution >= 4 is 28.6 Å². The third-order valence-corrected chi connectivity index (χ3v) is 5.51. The number of anilines is 2. The van der Waals surface area contributed by atoms with E-state index in [1.165, 1.54) is 30.3 Å². The summed E-state index contributed by atoms with van der Waals surface area (Å²) in [4.78, 5) is 27.8. The van der Waals surface area contributed by atoms with Crippen LogP contribution in [0.2, 0.25) is 0 Å². The van der Waals surface area contributed by atoms with Crippen LogP contribution in [0.25, 0.3) is 11.2 Å². The van der Waals surface area contributed by atoms with E-state index in [0.29, 0.717) is 23.0 Å². The minimum Gasteiger partial charge on any atom is -0.382 e. The lowest BCUT2D eigenvalue weighted by molar-refractivity contribution is -0.118.